The summed E-state index contributed by atoms with van der Waals surface area (Å²) in [6, 6.07) is 4.07. The Morgan fingerprint density at radius 1 is 1.55 bits per heavy atom. The zero-order valence-corrected chi connectivity index (χ0v) is 13.2. The van der Waals surface area contributed by atoms with E-state index in [4.69, 9.17) is 0 Å². The number of aromatic nitrogens is 1. The highest BCUT2D eigenvalue weighted by Crippen LogP contribution is 2.26. The summed E-state index contributed by atoms with van der Waals surface area (Å²) in [4.78, 5) is 18.6. The first kappa shape index (κ1) is 15.3. The first-order chi connectivity index (χ1) is 9.47. The first-order valence-electron chi connectivity index (χ1n) is 7.01. The standard InChI is InChI=1S/C15H23N3OS/c1-15(2,3)20-11-14(19)18-8-7-17-10-13(18)12-5-4-6-16-9-12/h4-6,9,13,17H,7-8,10-11H2,1-3H3. The summed E-state index contributed by atoms with van der Waals surface area (Å²) >= 11 is 1.71. The Bertz CT molecular complexity index is 444. The fourth-order valence-electron chi connectivity index (χ4n) is 2.23. The Morgan fingerprint density at radius 2 is 2.35 bits per heavy atom. The molecule has 1 amide bonds. The minimum atomic E-state index is 0.102. The van der Waals surface area contributed by atoms with E-state index in [1.54, 1.807) is 18.0 Å². The molecular formula is C15H23N3OS. The maximum Gasteiger partial charge on any atom is 0.233 e. The molecule has 1 atom stereocenters. The van der Waals surface area contributed by atoms with Gasteiger partial charge in [-0.1, -0.05) is 26.8 Å². The van der Waals surface area contributed by atoms with Crippen LogP contribution < -0.4 is 5.32 Å². The second kappa shape index (κ2) is 6.59. The van der Waals surface area contributed by atoms with Crippen LogP contribution in [0.3, 0.4) is 0 Å². The molecule has 1 unspecified atom stereocenters. The number of thioether (sulfide) groups is 1. The van der Waals surface area contributed by atoms with Gasteiger partial charge in [0, 0.05) is 36.8 Å². The average Bonchev–Trinajstić information content (AvgIpc) is 2.45. The van der Waals surface area contributed by atoms with Gasteiger partial charge in [0.1, 0.15) is 0 Å². The largest absolute Gasteiger partial charge is 0.332 e. The van der Waals surface area contributed by atoms with Crippen molar-refractivity contribution >= 4 is 17.7 Å². The highest BCUT2D eigenvalue weighted by atomic mass is 32.2. The summed E-state index contributed by atoms with van der Waals surface area (Å²) in [5.41, 5.74) is 1.11. The smallest absolute Gasteiger partial charge is 0.233 e. The lowest BCUT2D eigenvalue weighted by Gasteiger charge is -2.36. The predicted octanol–water partition coefficient (Wildman–Crippen LogP) is 2.09. The van der Waals surface area contributed by atoms with Crippen LogP contribution in [-0.2, 0) is 4.79 Å². The van der Waals surface area contributed by atoms with Gasteiger partial charge in [-0.05, 0) is 11.6 Å². The van der Waals surface area contributed by atoms with Crippen molar-refractivity contribution < 1.29 is 4.79 Å². The lowest BCUT2D eigenvalue weighted by Crippen LogP contribution is -2.49. The molecule has 0 spiro atoms. The molecule has 1 aromatic heterocycles. The minimum Gasteiger partial charge on any atom is -0.332 e. The lowest BCUT2D eigenvalue weighted by molar-refractivity contribution is -0.131. The van der Waals surface area contributed by atoms with Crippen LogP contribution >= 0.6 is 11.8 Å². The van der Waals surface area contributed by atoms with Crippen LogP contribution in [0.15, 0.2) is 24.5 Å². The molecule has 1 N–H and O–H groups in total. The van der Waals surface area contributed by atoms with Crippen LogP contribution in [0.2, 0.25) is 0 Å². The van der Waals surface area contributed by atoms with Crippen molar-refractivity contribution in [2.24, 2.45) is 0 Å². The Balaban J connectivity index is 2.05. The van der Waals surface area contributed by atoms with E-state index >= 15 is 0 Å². The Morgan fingerprint density at radius 3 is 3.00 bits per heavy atom. The third-order valence-electron chi connectivity index (χ3n) is 3.26. The zero-order chi connectivity index (χ0) is 14.6. The number of piperazine rings is 1. The van der Waals surface area contributed by atoms with Crippen molar-refractivity contribution in [2.75, 3.05) is 25.4 Å². The van der Waals surface area contributed by atoms with Gasteiger partial charge in [0.05, 0.1) is 11.8 Å². The van der Waals surface area contributed by atoms with Crippen LogP contribution in [0.25, 0.3) is 0 Å². The molecule has 20 heavy (non-hydrogen) atoms. The quantitative estimate of drug-likeness (QED) is 0.927. The van der Waals surface area contributed by atoms with Crippen LogP contribution in [0.1, 0.15) is 32.4 Å². The zero-order valence-electron chi connectivity index (χ0n) is 12.4. The van der Waals surface area contributed by atoms with Gasteiger partial charge in [0.2, 0.25) is 5.91 Å². The van der Waals surface area contributed by atoms with Crippen molar-refractivity contribution in [2.45, 2.75) is 31.6 Å². The molecule has 0 saturated carbocycles. The van der Waals surface area contributed by atoms with Gasteiger partial charge in [-0.15, -0.1) is 11.8 Å². The number of hydrogen-bond acceptors (Lipinski definition) is 4. The highest BCUT2D eigenvalue weighted by Gasteiger charge is 2.28. The van der Waals surface area contributed by atoms with Gasteiger partial charge >= 0.3 is 0 Å². The molecule has 1 saturated heterocycles. The minimum absolute atomic E-state index is 0.102. The molecule has 4 nitrogen and oxygen atoms in total. The van der Waals surface area contributed by atoms with Crippen LogP contribution in [0.5, 0.6) is 0 Å². The molecule has 5 heteroatoms. The van der Waals surface area contributed by atoms with E-state index in [1.807, 2.05) is 23.2 Å². The topological polar surface area (TPSA) is 45.2 Å². The van der Waals surface area contributed by atoms with Crippen molar-refractivity contribution in [3.63, 3.8) is 0 Å². The number of hydrogen-bond donors (Lipinski definition) is 1. The van der Waals surface area contributed by atoms with Crippen molar-refractivity contribution in [1.29, 1.82) is 0 Å². The monoisotopic (exact) mass is 293 g/mol. The van der Waals surface area contributed by atoms with E-state index in [0.717, 1.165) is 25.2 Å². The Kier molecular flexibility index (Phi) is 5.05. The number of nitrogens with one attached hydrogen (secondary N) is 1. The molecule has 1 aliphatic rings. The first-order valence-corrected chi connectivity index (χ1v) is 8.00. The highest BCUT2D eigenvalue weighted by molar-refractivity contribution is 8.01. The number of carbonyl (C=O) groups excluding carboxylic acids is 1. The summed E-state index contributed by atoms with van der Waals surface area (Å²) in [5, 5.41) is 3.36. The number of rotatable bonds is 3. The summed E-state index contributed by atoms with van der Waals surface area (Å²) in [7, 11) is 0. The van der Waals surface area contributed by atoms with Gasteiger partial charge < -0.3 is 10.2 Å². The molecule has 0 bridgehead atoms. The van der Waals surface area contributed by atoms with Crippen molar-refractivity contribution in [3.8, 4) is 0 Å². The fourth-order valence-corrected chi connectivity index (χ4v) is 2.96. The summed E-state index contributed by atoms with van der Waals surface area (Å²) < 4.78 is 0.119. The molecule has 0 aromatic carbocycles. The molecule has 2 heterocycles. The average molecular weight is 293 g/mol. The second-order valence-corrected chi connectivity index (χ2v) is 7.80. The molecule has 110 valence electrons. The summed E-state index contributed by atoms with van der Waals surface area (Å²) in [6.07, 6.45) is 3.62. The van der Waals surface area contributed by atoms with E-state index in [-0.39, 0.29) is 16.7 Å². The molecule has 1 aliphatic heterocycles. The van der Waals surface area contributed by atoms with E-state index in [2.05, 4.69) is 31.1 Å². The van der Waals surface area contributed by atoms with Gasteiger partial charge in [-0.2, -0.15) is 0 Å². The summed E-state index contributed by atoms with van der Waals surface area (Å²) in [6.45, 7) is 8.85. The maximum atomic E-state index is 12.5. The van der Waals surface area contributed by atoms with Gasteiger partial charge in [-0.3, -0.25) is 9.78 Å². The van der Waals surface area contributed by atoms with Crippen LogP contribution in [0.4, 0.5) is 0 Å². The lowest BCUT2D eigenvalue weighted by atomic mass is 10.1. The summed E-state index contributed by atoms with van der Waals surface area (Å²) in [5.74, 6) is 0.764. The Labute approximate surface area is 125 Å². The van der Waals surface area contributed by atoms with E-state index < -0.39 is 0 Å². The third kappa shape index (κ3) is 4.21. The van der Waals surface area contributed by atoms with Crippen molar-refractivity contribution in [1.82, 2.24) is 15.2 Å². The molecule has 0 aliphatic carbocycles. The SMILES string of the molecule is CC(C)(C)SCC(=O)N1CCNCC1c1cccnc1. The van der Waals surface area contributed by atoms with Crippen molar-refractivity contribution in [3.05, 3.63) is 30.1 Å². The molecule has 1 aromatic rings. The van der Waals surface area contributed by atoms with Crippen LogP contribution in [0, 0.1) is 0 Å². The third-order valence-corrected chi connectivity index (χ3v) is 4.52. The van der Waals surface area contributed by atoms with E-state index in [0.29, 0.717) is 5.75 Å². The van der Waals surface area contributed by atoms with E-state index in [9.17, 15) is 4.79 Å². The van der Waals surface area contributed by atoms with Crippen LogP contribution in [-0.4, -0.2) is 45.9 Å². The van der Waals surface area contributed by atoms with Gasteiger partial charge in [0.15, 0.2) is 0 Å². The number of amides is 1. The van der Waals surface area contributed by atoms with Gasteiger partial charge in [-0.25, -0.2) is 0 Å². The number of nitrogens with zero attached hydrogens (tertiary/aromatic N) is 2. The molecule has 2 rings (SSSR count). The second-order valence-electron chi connectivity index (χ2n) is 5.99. The Hall–Kier alpha value is -1.07. The molecular weight excluding hydrogens is 270 g/mol. The van der Waals surface area contributed by atoms with E-state index in [1.165, 1.54) is 0 Å². The predicted molar refractivity (Wildman–Crippen MR) is 83.8 cm³/mol. The maximum absolute atomic E-state index is 12.5. The van der Waals surface area contributed by atoms with Gasteiger partial charge in [0.25, 0.3) is 0 Å². The normalized spacial score (nSPS) is 19.9. The number of pyridine rings is 1. The fraction of sp³-hybridized carbons (Fsp3) is 0.600. The molecule has 0 radical (unpaired) electrons. The number of carbonyl (C=O) groups is 1. The molecule has 1 fully saturated rings.